The summed E-state index contributed by atoms with van der Waals surface area (Å²) in [6.45, 7) is 5.02. The summed E-state index contributed by atoms with van der Waals surface area (Å²) in [7, 11) is 0. The minimum Gasteiger partial charge on any atom is -0.339 e. The summed E-state index contributed by atoms with van der Waals surface area (Å²) in [5.74, 6) is 2.07. The van der Waals surface area contributed by atoms with Gasteiger partial charge in [-0.05, 0) is 30.4 Å². The van der Waals surface area contributed by atoms with Crippen LogP contribution in [0.2, 0.25) is 0 Å². The Bertz CT molecular complexity index is 562. The summed E-state index contributed by atoms with van der Waals surface area (Å²) in [5, 5.41) is 4.20. The van der Waals surface area contributed by atoms with Gasteiger partial charge in [-0.2, -0.15) is 4.98 Å². The number of nitrogens with two attached hydrogens (primary N) is 1. The summed E-state index contributed by atoms with van der Waals surface area (Å²) in [4.78, 5) is 4.61. The highest BCUT2D eigenvalue weighted by Crippen LogP contribution is 2.23. The summed E-state index contributed by atoms with van der Waals surface area (Å²) < 4.78 is 5.44. The number of unbranched alkanes of at least 4 members (excludes halogenated alkanes) is 2. The average Bonchev–Trinajstić information content (AvgIpc) is 3.06. The molecule has 0 fully saturated rings. The summed E-state index contributed by atoms with van der Waals surface area (Å²) in [6, 6.07) is 8.41. The van der Waals surface area contributed by atoms with Crippen LogP contribution >= 0.6 is 0 Å². The first-order valence-electron chi connectivity index (χ1n) is 8.87. The van der Waals surface area contributed by atoms with Crippen molar-refractivity contribution in [2.45, 2.75) is 71.3 Å². The van der Waals surface area contributed by atoms with Crippen LogP contribution < -0.4 is 5.73 Å². The Kier molecular flexibility index (Phi) is 7.27. The normalized spacial score (nSPS) is 12.5. The van der Waals surface area contributed by atoms with E-state index >= 15 is 0 Å². The largest absolute Gasteiger partial charge is 0.339 e. The lowest BCUT2D eigenvalue weighted by Crippen LogP contribution is -2.01. The van der Waals surface area contributed by atoms with Crippen LogP contribution in [0.1, 0.15) is 74.7 Å². The standard InChI is InChI=1S/C19H29N3O/c1-3-5-6-7-17(4-2)19-21-18(23-22-19)13-12-15-8-10-16(14-20)11-9-15/h8-11,17H,3-7,12-14,20H2,1-2H3. The van der Waals surface area contributed by atoms with Crippen LogP contribution in [0.15, 0.2) is 28.8 Å². The maximum atomic E-state index is 5.62. The molecular weight excluding hydrogens is 286 g/mol. The van der Waals surface area contributed by atoms with Crippen LogP contribution in [0, 0.1) is 0 Å². The Morgan fingerprint density at radius 1 is 1.04 bits per heavy atom. The van der Waals surface area contributed by atoms with Gasteiger partial charge in [0.2, 0.25) is 5.89 Å². The molecule has 126 valence electrons. The van der Waals surface area contributed by atoms with E-state index in [0.717, 1.165) is 43.0 Å². The van der Waals surface area contributed by atoms with Crippen molar-refractivity contribution >= 4 is 0 Å². The van der Waals surface area contributed by atoms with E-state index in [2.05, 4.69) is 48.3 Å². The highest BCUT2D eigenvalue weighted by atomic mass is 16.5. The zero-order chi connectivity index (χ0) is 16.5. The van der Waals surface area contributed by atoms with E-state index in [1.807, 2.05) is 0 Å². The number of benzene rings is 1. The van der Waals surface area contributed by atoms with E-state index in [1.54, 1.807) is 0 Å². The number of aryl methyl sites for hydroxylation is 2. The average molecular weight is 315 g/mol. The van der Waals surface area contributed by atoms with Crippen molar-refractivity contribution in [3.63, 3.8) is 0 Å². The topological polar surface area (TPSA) is 64.9 Å². The lowest BCUT2D eigenvalue weighted by atomic mass is 9.98. The van der Waals surface area contributed by atoms with Crippen molar-refractivity contribution in [1.82, 2.24) is 10.1 Å². The van der Waals surface area contributed by atoms with Crippen LogP contribution in [0.5, 0.6) is 0 Å². The number of rotatable bonds is 10. The molecule has 4 nitrogen and oxygen atoms in total. The Labute approximate surface area is 139 Å². The third kappa shape index (κ3) is 5.47. The monoisotopic (exact) mass is 315 g/mol. The maximum absolute atomic E-state index is 5.62. The molecule has 0 aliphatic carbocycles. The van der Waals surface area contributed by atoms with Crippen LogP contribution in [0.4, 0.5) is 0 Å². The molecule has 2 rings (SSSR count). The molecule has 0 saturated heterocycles. The molecule has 4 heteroatoms. The lowest BCUT2D eigenvalue weighted by molar-refractivity contribution is 0.366. The van der Waals surface area contributed by atoms with Crippen molar-refractivity contribution in [1.29, 1.82) is 0 Å². The first-order valence-corrected chi connectivity index (χ1v) is 8.87. The van der Waals surface area contributed by atoms with E-state index in [9.17, 15) is 0 Å². The zero-order valence-corrected chi connectivity index (χ0v) is 14.4. The third-order valence-corrected chi connectivity index (χ3v) is 4.38. The smallest absolute Gasteiger partial charge is 0.226 e. The molecule has 0 saturated carbocycles. The molecule has 1 atom stereocenters. The highest BCUT2D eigenvalue weighted by molar-refractivity contribution is 5.22. The molecule has 23 heavy (non-hydrogen) atoms. The first-order chi connectivity index (χ1) is 11.3. The Morgan fingerprint density at radius 3 is 2.43 bits per heavy atom. The van der Waals surface area contributed by atoms with Crippen molar-refractivity contribution < 1.29 is 4.52 Å². The second-order valence-electron chi connectivity index (χ2n) is 6.17. The fraction of sp³-hybridized carbons (Fsp3) is 0.579. The summed E-state index contributed by atoms with van der Waals surface area (Å²) >= 11 is 0. The van der Waals surface area contributed by atoms with Crippen LogP contribution in [0.3, 0.4) is 0 Å². The van der Waals surface area contributed by atoms with Gasteiger partial charge in [-0.3, -0.25) is 0 Å². The van der Waals surface area contributed by atoms with Crippen molar-refractivity contribution in [2.24, 2.45) is 5.73 Å². The molecule has 0 bridgehead atoms. The van der Waals surface area contributed by atoms with Crippen molar-refractivity contribution in [2.75, 3.05) is 0 Å². The second kappa shape index (κ2) is 9.46. The molecule has 1 heterocycles. The van der Waals surface area contributed by atoms with Gasteiger partial charge in [0.15, 0.2) is 5.82 Å². The number of nitrogens with zero attached hydrogens (tertiary/aromatic N) is 2. The molecule has 1 aromatic heterocycles. The quantitative estimate of drug-likeness (QED) is 0.660. The van der Waals surface area contributed by atoms with Gasteiger partial charge >= 0.3 is 0 Å². The van der Waals surface area contributed by atoms with Crippen molar-refractivity contribution in [3.05, 3.63) is 47.1 Å². The maximum Gasteiger partial charge on any atom is 0.226 e. The molecule has 1 unspecified atom stereocenters. The van der Waals surface area contributed by atoms with Crippen molar-refractivity contribution in [3.8, 4) is 0 Å². The van der Waals surface area contributed by atoms with E-state index in [1.165, 1.54) is 24.8 Å². The summed E-state index contributed by atoms with van der Waals surface area (Å²) in [5.41, 5.74) is 8.05. The van der Waals surface area contributed by atoms with Crippen LogP contribution in [-0.2, 0) is 19.4 Å². The minimum absolute atomic E-state index is 0.433. The van der Waals surface area contributed by atoms with Crippen LogP contribution in [0.25, 0.3) is 0 Å². The molecule has 1 aromatic carbocycles. The third-order valence-electron chi connectivity index (χ3n) is 4.38. The number of hydrogen-bond donors (Lipinski definition) is 1. The molecule has 0 amide bonds. The first kappa shape index (κ1) is 17.7. The molecule has 0 aliphatic heterocycles. The molecular formula is C19H29N3O. The molecule has 0 aliphatic rings. The van der Waals surface area contributed by atoms with E-state index in [4.69, 9.17) is 10.3 Å². The van der Waals surface area contributed by atoms with Gasteiger partial charge in [-0.25, -0.2) is 0 Å². The number of aromatic nitrogens is 2. The van der Waals surface area contributed by atoms with Gasteiger partial charge in [-0.1, -0.05) is 62.5 Å². The predicted octanol–water partition coefficient (Wildman–Crippen LogP) is 4.39. The van der Waals surface area contributed by atoms with Gasteiger partial charge in [-0.15, -0.1) is 0 Å². The molecule has 0 spiro atoms. The Hall–Kier alpha value is -1.68. The highest BCUT2D eigenvalue weighted by Gasteiger charge is 2.16. The van der Waals surface area contributed by atoms with E-state index < -0.39 is 0 Å². The molecule has 2 N–H and O–H groups in total. The summed E-state index contributed by atoms with van der Waals surface area (Å²) in [6.07, 6.45) is 7.70. The lowest BCUT2D eigenvalue weighted by Gasteiger charge is -2.09. The number of hydrogen-bond acceptors (Lipinski definition) is 4. The van der Waals surface area contributed by atoms with Gasteiger partial charge in [0.25, 0.3) is 0 Å². The predicted molar refractivity (Wildman–Crippen MR) is 93.2 cm³/mol. The minimum atomic E-state index is 0.433. The van der Waals surface area contributed by atoms with Crippen LogP contribution in [-0.4, -0.2) is 10.1 Å². The fourth-order valence-electron chi connectivity index (χ4n) is 2.79. The SMILES string of the molecule is CCCCCC(CC)c1noc(CCc2ccc(CN)cc2)n1. The van der Waals surface area contributed by atoms with E-state index in [0.29, 0.717) is 12.5 Å². The van der Waals surface area contributed by atoms with E-state index in [-0.39, 0.29) is 0 Å². The zero-order valence-electron chi connectivity index (χ0n) is 14.4. The van der Waals surface area contributed by atoms with Gasteiger partial charge in [0.05, 0.1) is 0 Å². The van der Waals surface area contributed by atoms with Gasteiger partial charge < -0.3 is 10.3 Å². The fourth-order valence-corrected chi connectivity index (χ4v) is 2.79. The molecule has 2 aromatic rings. The van der Waals surface area contributed by atoms with Gasteiger partial charge in [0.1, 0.15) is 0 Å². The Morgan fingerprint density at radius 2 is 1.78 bits per heavy atom. The second-order valence-corrected chi connectivity index (χ2v) is 6.17. The Balaban J connectivity index is 1.87. The van der Waals surface area contributed by atoms with Gasteiger partial charge in [0, 0.05) is 18.9 Å². The molecule has 0 radical (unpaired) electrons.